The van der Waals surface area contributed by atoms with Crippen molar-refractivity contribution in [2.75, 3.05) is 19.0 Å². The zero-order valence-corrected chi connectivity index (χ0v) is 18.9. The highest BCUT2D eigenvalue weighted by Gasteiger charge is 2.17. The monoisotopic (exact) mass is 425 g/mol. The highest BCUT2D eigenvalue weighted by Crippen LogP contribution is 2.24. The quantitative estimate of drug-likeness (QED) is 0.193. The summed E-state index contributed by atoms with van der Waals surface area (Å²) in [5, 5.41) is 9.40. The minimum atomic E-state index is -2.74. The van der Waals surface area contributed by atoms with Crippen molar-refractivity contribution in [3.8, 4) is 0 Å². The average molecular weight is 426 g/mol. The second-order valence-electron chi connectivity index (χ2n) is 7.76. The Kier molecular flexibility index (Phi) is 16.6. The second-order valence-corrected chi connectivity index (χ2v) is 10.4. The van der Waals surface area contributed by atoms with Crippen LogP contribution in [0.4, 0.5) is 0 Å². The molecule has 2 N–H and O–H groups in total. The zero-order chi connectivity index (χ0) is 20.5. The SMILES string of the molecule is CC(C)(C)SCCCCCCCCCCCC(=O)OC[C@@H](O)CO[P+](=O)O. The number of hydrogen-bond acceptors (Lipinski definition) is 6. The third-order valence-corrected chi connectivity index (χ3v) is 5.60. The summed E-state index contributed by atoms with van der Waals surface area (Å²) in [5.41, 5.74) is 0. The molecule has 0 saturated carbocycles. The Hall–Kier alpha value is -0.200. The molecule has 0 aliphatic heterocycles. The lowest BCUT2D eigenvalue weighted by molar-refractivity contribution is -0.147. The van der Waals surface area contributed by atoms with Gasteiger partial charge in [0.15, 0.2) is 0 Å². The standard InChI is InChI=1S/C19H37O6PS/c1-19(2,3)27-14-12-10-8-6-4-5-7-9-11-13-18(21)24-15-17(20)16-25-26(22)23/h17,20H,4-16H2,1-3H3/p+1/t17-/m1/s1. The Morgan fingerprint density at radius 2 is 1.48 bits per heavy atom. The number of rotatable bonds is 17. The van der Waals surface area contributed by atoms with Crippen molar-refractivity contribution in [3.63, 3.8) is 0 Å². The van der Waals surface area contributed by atoms with Crippen molar-refractivity contribution < 1.29 is 28.6 Å². The normalized spacial score (nSPS) is 13.4. The first-order chi connectivity index (χ1) is 12.7. The number of aliphatic hydroxyl groups excluding tert-OH is 1. The Bertz CT molecular complexity index is 400. The summed E-state index contributed by atoms with van der Waals surface area (Å²) in [5.74, 6) is 0.904. The molecule has 0 aliphatic rings. The molecule has 6 nitrogen and oxygen atoms in total. The molecule has 0 radical (unpaired) electrons. The van der Waals surface area contributed by atoms with Gasteiger partial charge in [0.05, 0.1) is 0 Å². The van der Waals surface area contributed by atoms with Crippen molar-refractivity contribution in [3.05, 3.63) is 0 Å². The molecule has 0 rings (SSSR count). The number of hydrogen-bond donors (Lipinski definition) is 2. The molecule has 0 bridgehead atoms. The van der Waals surface area contributed by atoms with Gasteiger partial charge in [0.25, 0.3) is 0 Å². The van der Waals surface area contributed by atoms with Crippen LogP contribution in [0.2, 0.25) is 0 Å². The molecule has 27 heavy (non-hydrogen) atoms. The maximum Gasteiger partial charge on any atom is 0.694 e. The number of carbonyl (C=O) groups is 1. The van der Waals surface area contributed by atoms with E-state index in [1.165, 1.54) is 44.3 Å². The summed E-state index contributed by atoms with van der Waals surface area (Å²) in [6, 6.07) is 0. The summed E-state index contributed by atoms with van der Waals surface area (Å²) in [4.78, 5) is 20.0. The van der Waals surface area contributed by atoms with Crippen LogP contribution in [-0.2, 0) is 18.6 Å². The van der Waals surface area contributed by atoms with Gasteiger partial charge in [-0.25, -0.2) is 0 Å². The van der Waals surface area contributed by atoms with Gasteiger partial charge in [0.2, 0.25) is 0 Å². The first-order valence-corrected chi connectivity index (χ1v) is 12.1. The molecule has 0 spiro atoms. The van der Waals surface area contributed by atoms with Crippen LogP contribution >= 0.6 is 20.0 Å². The first-order valence-electron chi connectivity index (χ1n) is 9.97. The molecule has 0 aromatic heterocycles. The van der Waals surface area contributed by atoms with Gasteiger partial charge in [-0.05, 0) is 18.6 Å². The van der Waals surface area contributed by atoms with Crippen LogP contribution in [0.3, 0.4) is 0 Å². The molecule has 0 heterocycles. The summed E-state index contributed by atoms with van der Waals surface area (Å²) in [7, 11) is -2.74. The largest absolute Gasteiger partial charge is 0.694 e. The van der Waals surface area contributed by atoms with Crippen LogP contribution in [0, 0.1) is 0 Å². The van der Waals surface area contributed by atoms with E-state index in [1.807, 2.05) is 11.8 Å². The molecule has 160 valence electrons. The molecule has 0 aromatic rings. The summed E-state index contributed by atoms with van der Waals surface area (Å²) < 4.78 is 19.9. The van der Waals surface area contributed by atoms with E-state index in [0.717, 1.165) is 19.3 Å². The van der Waals surface area contributed by atoms with E-state index in [-0.39, 0.29) is 19.2 Å². The van der Waals surface area contributed by atoms with E-state index >= 15 is 0 Å². The summed E-state index contributed by atoms with van der Waals surface area (Å²) >= 11 is 2.04. The maximum atomic E-state index is 11.5. The van der Waals surface area contributed by atoms with E-state index in [1.54, 1.807) is 0 Å². The van der Waals surface area contributed by atoms with Gasteiger partial charge in [-0.1, -0.05) is 65.7 Å². The fraction of sp³-hybridized carbons (Fsp3) is 0.947. The average Bonchev–Trinajstić information content (AvgIpc) is 2.58. The predicted octanol–water partition coefficient (Wildman–Crippen LogP) is 4.99. The molecule has 0 aliphatic carbocycles. The minimum Gasteiger partial charge on any atom is -0.463 e. The van der Waals surface area contributed by atoms with E-state index < -0.39 is 14.4 Å². The Labute approximate surface area is 169 Å². The summed E-state index contributed by atoms with van der Waals surface area (Å²) in [6.07, 6.45) is 9.90. The molecule has 1 unspecified atom stereocenters. The molecule has 8 heteroatoms. The second kappa shape index (κ2) is 16.7. The van der Waals surface area contributed by atoms with Gasteiger partial charge in [-0.2, -0.15) is 11.8 Å². The Balaban J connectivity index is 3.32. The number of carbonyl (C=O) groups excluding carboxylic acids is 1. The molecular formula is C19H38O6PS+. The van der Waals surface area contributed by atoms with Gasteiger partial charge in [-0.3, -0.25) is 4.79 Å². The molecule has 0 amide bonds. The maximum absolute atomic E-state index is 11.5. The minimum absolute atomic E-state index is 0.212. The predicted molar refractivity (Wildman–Crippen MR) is 111 cm³/mol. The van der Waals surface area contributed by atoms with Crippen molar-refractivity contribution >= 4 is 26.0 Å². The van der Waals surface area contributed by atoms with Crippen LogP contribution in [0.1, 0.15) is 85.0 Å². The summed E-state index contributed by atoms with van der Waals surface area (Å²) in [6.45, 7) is 6.25. The van der Waals surface area contributed by atoms with Crippen LogP contribution in [-0.4, -0.2) is 45.8 Å². The highest BCUT2D eigenvalue weighted by atomic mass is 32.2. The smallest absolute Gasteiger partial charge is 0.463 e. The van der Waals surface area contributed by atoms with Crippen LogP contribution in [0.15, 0.2) is 0 Å². The van der Waals surface area contributed by atoms with E-state index in [0.29, 0.717) is 11.2 Å². The number of ether oxygens (including phenoxy) is 1. The van der Waals surface area contributed by atoms with Crippen molar-refractivity contribution in [1.82, 2.24) is 0 Å². The van der Waals surface area contributed by atoms with Gasteiger partial charge in [0.1, 0.15) is 19.3 Å². The van der Waals surface area contributed by atoms with E-state index in [2.05, 4.69) is 25.3 Å². The topological polar surface area (TPSA) is 93.1 Å². The van der Waals surface area contributed by atoms with Gasteiger partial charge in [0, 0.05) is 15.7 Å². The fourth-order valence-corrected chi connectivity index (χ4v) is 3.71. The highest BCUT2D eigenvalue weighted by molar-refractivity contribution is 8.00. The molecule has 0 fully saturated rings. The number of thioether (sulfide) groups is 1. The lowest BCUT2D eigenvalue weighted by atomic mass is 10.1. The Morgan fingerprint density at radius 3 is 2.00 bits per heavy atom. The first kappa shape index (κ1) is 26.8. The number of unbranched alkanes of at least 4 members (excludes halogenated alkanes) is 8. The number of esters is 1. The van der Waals surface area contributed by atoms with E-state index in [9.17, 15) is 14.5 Å². The van der Waals surface area contributed by atoms with Crippen molar-refractivity contribution in [1.29, 1.82) is 0 Å². The third kappa shape index (κ3) is 22.0. The molecule has 0 saturated heterocycles. The lowest BCUT2D eigenvalue weighted by Crippen LogP contribution is -2.22. The van der Waals surface area contributed by atoms with Gasteiger partial charge in [-0.15, -0.1) is 9.42 Å². The van der Waals surface area contributed by atoms with Gasteiger partial charge < -0.3 is 9.84 Å². The third-order valence-electron chi connectivity index (χ3n) is 3.87. The van der Waals surface area contributed by atoms with Gasteiger partial charge >= 0.3 is 14.2 Å². The van der Waals surface area contributed by atoms with Crippen LogP contribution in [0.25, 0.3) is 0 Å². The molecule has 0 aromatic carbocycles. The van der Waals surface area contributed by atoms with Crippen LogP contribution < -0.4 is 0 Å². The molecular weight excluding hydrogens is 387 g/mol. The molecule has 2 atom stereocenters. The van der Waals surface area contributed by atoms with E-state index in [4.69, 9.17) is 9.63 Å². The number of aliphatic hydroxyl groups is 1. The lowest BCUT2D eigenvalue weighted by Gasteiger charge is -2.17. The zero-order valence-electron chi connectivity index (χ0n) is 17.2. The van der Waals surface area contributed by atoms with Crippen molar-refractivity contribution in [2.24, 2.45) is 0 Å². The fourth-order valence-electron chi connectivity index (χ4n) is 2.45. The van der Waals surface area contributed by atoms with Crippen molar-refractivity contribution in [2.45, 2.75) is 95.8 Å². The Morgan fingerprint density at radius 1 is 0.963 bits per heavy atom. The van der Waals surface area contributed by atoms with Crippen LogP contribution in [0.5, 0.6) is 0 Å².